The highest BCUT2D eigenvalue weighted by atomic mass is 35.5. The second-order valence-electron chi connectivity index (χ2n) is 2.06. The molecular weight excluding hydrogens is 168 g/mol. The van der Waals surface area contributed by atoms with Gasteiger partial charge in [-0.15, -0.1) is 18.2 Å². The second kappa shape index (κ2) is 8.09. The first kappa shape index (κ1) is 11.0. The van der Waals surface area contributed by atoms with Crippen LogP contribution in [0.4, 0.5) is 0 Å². The van der Waals surface area contributed by atoms with Gasteiger partial charge in [0.1, 0.15) is 0 Å². The molecule has 1 aromatic rings. The molecule has 1 rings (SSSR count). The summed E-state index contributed by atoms with van der Waals surface area (Å²) in [6.45, 7) is 6.98. The van der Waals surface area contributed by atoms with Crippen LogP contribution < -0.4 is 0 Å². The zero-order valence-electron chi connectivity index (χ0n) is 7.04. The van der Waals surface area contributed by atoms with Crippen molar-refractivity contribution in [2.24, 2.45) is 0 Å². The topological polar surface area (TPSA) is 0 Å². The molecule has 0 saturated carbocycles. The summed E-state index contributed by atoms with van der Waals surface area (Å²) in [6.07, 6.45) is 3.47. The molecule has 64 valence electrons. The van der Waals surface area contributed by atoms with E-state index in [2.05, 4.69) is 13.2 Å². The van der Waals surface area contributed by atoms with E-state index >= 15 is 0 Å². The normalized spacial score (nSPS) is 7.75. The maximum atomic E-state index is 5.07. The third-order valence-electron chi connectivity index (χ3n) is 1.14. The molecule has 0 spiro atoms. The predicted octanol–water partition coefficient (Wildman–Crippen LogP) is 3.74. The summed E-state index contributed by atoms with van der Waals surface area (Å²) in [6, 6.07) is 10.0. The van der Waals surface area contributed by atoms with E-state index in [-0.39, 0.29) is 0 Å². The van der Waals surface area contributed by atoms with E-state index in [1.54, 1.807) is 6.08 Å². The van der Waals surface area contributed by atoms with Gasteiger partial charge in [-0.3, -0.25) is 0 Å². The van der Waals surface area contributed by atoms with Crippen molar-refractivity contribution in [1.82, 2.24) is 0 Å². The molecule has 0 aliphatic heterocycles. The summed E-state index contributed by atoms with van der Waals surface area (Å²) >= 11 is 5.07. The number of allylic oxidation sites excluding steroid dienone is 1. The van der Waals surface area contributed by atoms with Crippen LogP contribution >= 0.6 is 11.6 Å². The minimum absolute atomic E-state index is 0.556. The van der Waals surface area contributed by atoms with Crippen LogP contribution in [-0.2, 0) is 0 Å². The number of hydrogen-bond acceptors (Lipinski definition) is 0. The van der Waals surface area contributed by atoms with Crippen LogP contribution in [0.15, 0.2) is 49.6 Å². The highest BCUT2D eigenvalue weighted by Gasteiger charge is 1.75. The zero-order chi connectivity index (χ0) is 9.23. The van der Waals surface area contributed by atoms with Gasteiger partial charge in [0.15, 0.2) is 0 Å². The molecule has 0 nitrogen and oxygen atoms in total. The average Bonchev–Trinajstić information content (AvgIpc) is 2.19. The highest BCUT2D eigenvalue weighted by molar-refractivity contribution is 6.18. The van der Waals surface area contributed by atoms with Gasteiger partial charge in [0, 0.05) is 5.88 Å². The molecule has 0 aliphatic carbocycles. The third-order valence-corrected chi connectivity index (χ3v) is 1.36. The fourth-order valence-corrected chi connectivity index (χ4v) is 0.589. The number of hydrogen-bond donors (Lipinski definition) is 0. The molecule has 0 aromatic heterocycles. The van der Waals surface area contributed by atoms with Gasteiger partial charge < -0.3 is 0 Å². The molecule has 0 radical (unpaired) electrons. The van der Waals surface area contributed by atoms with Crippen molar-refractivity contribution >= 4 is 17.7 Å². The van der Waals surface area contributed by atoms with Crippen molar-refractivity contribution in [3.63, 3.8) is 0 Å². The Labute approximate surface area is 79.2 Å². The van der Waals surface area contributed by atoms with Gasteiger partial charge in [-0.2, -0.15) is 0 Å². The fourth-order valence-electron chi connectivity index (χ4n) is 0.589. The quantitative estimate of drug-likeness (QED) is 0.481. The average molecular weight is 181 g/mol. The lowest BCUT2D eigenvalue weighted by Crippen LogP contribution is -1.63. The Balaban J connectivity index is 0.000000261. The summed E-state index contributed by atoms with van der Waals surface area (Å²) in [7, 11) is 0. The molecule has 0 fully saturated rings. The maximum Gasteiger partial charge on any atom is 0.0401 e. The lowest BCUT2D eigenvalue weighted by atomic mass is 10.2. The first-order chi connectivity index (χ1) is 5.85. The van der Waals surface area contributed by atoms with E-state index in [4.69, 9.17) is 11.6 Å². The Morgan fingerprint density at radius 3 is 1.92 bits per heavy atom. The van der Waals surface area contributed by atoms with Crippen LogP contribution in [0.5, 0.6) is 0 Å². The molecule has 1 aromatic carbocycles. The summed E-state index contributed by atoms with van der Waals surface area (Å²) in [5.74, 6) is 0.556. The molecule has 0 unspecified atom stereocenters. The number of benzene rings is 1. The Hall–Kier alpha value is -1.01. The fraction of sp³-hybridized carbons (Fsp3) is 0.0909. The van der Waals surface area contributed by atoms with Gasteiger partial charge >= 0.3 is 0 Å². The van der Waals surface area contributed by atoms with Gasteiger partial charge in [0.2, 0.25) is 0 Å². The van der Waals surface area contributed by atoms with Crippen LogP contribution in [0.1, 0.15) is 5.56 Å². The summed E-state index contributed by atoms with van der Waals surface area (Å²) in [5.41, 5.74) is 1.17. The van der Waals surface area contributed by atoms with E-state index in [0.717, 1.165) is 0 Å². The van der Waals surface area contributed by atoms with Crippen molar-refractivity contribution in [2.75, 3.05) is 5.88 Å². The second-order valence-corrected chi connectivity index (χ2v) is 2.37. The predicted molar refractivity (Wildman–Crippen MR) is 57.5 cm³/mol. The van der Waals surface area contributed by atoms with Gasteiger partial charge in [0.25, 0.3) is 0 Å². The number of halogens is 1. The molecule has 1 heteroatoms. The lowest BCUT2D eigenvalue weighted by molar-refractivity contribution is 1.67. The van der Waals surface area contributed by atoms with Crippen LogP contribution in [0.25, 0.3) is 6.08 Å². The first-order valence-corrected chi connectivity index (χ1v) is 4.23. The Kier molecular flexibility index (Phi) is 7.41. The molecule has 0 amide bonds. The Bertz CT molecular complexity index is 214. The summed E-state index contributed by atoms with van der Waals surface area (Å²) < 4.78 is 0. The van der Waals surface area contributed by atoms with Crippen molar-refractivity contribution in [1.29, 1.82) is 0 Å². The van der Waals surface area contributed by atoms with E-state index < -0.39 is 0 Å². The van der Waals surface area contributed by atoms with Gasteiger partial charge in [-0.05, 0) is 5.56 Å². The van der Waals surface area contributed by atoms with E-state index in [0.29, 0.717) is 5.88 Å². The van der Waals surface area contributed by atoms with Crippen molar-refractivity contribution < 1.29 is 0 Å². The summed E-state index contributed by atoms with van der Waals surface area (Å²) in [4.78, 5) is 0. The first-order valence-electron chi connectivity index (χ1n) is 3.69. The molecule has 0 heterocycles. The molecular formula is C11H13Cl. The minimum Gasteiger partial charge on any atom is -0.122 e. The van der Waals surface area contributed by atoms with Crippen LogP contribution in [0.3, 0.4) is 0 Å². The molecule has 0 bridgehead atoms. The lowest BCUT2D eigenvalue weighted by Gasteiger charge is -1.85. The Morgan fingerprint density at radius 1 is 1.17 bits per heavy atom. The SMILES string of the molecule is C=CCCl.C=Cc1ccccc1. The molecule has 0 N–H and O–H groups in total. The largest absolute Gasteiger partial charge is 0.122 e. The minimum atomic E-state index is 0.556. The van der Waals surface area contributed by atoms with E-state index in [1.165, 1.54) is 5.56 Å². The number of alkyl halides is 1. The molecule has 0 saturated heterocycles. The maximum absolute atomic E-state index is 5.07. The van der Waals surface area contributed by atoms with Gasteiger partial charge in [0.05, 0.1) is 0 Å². The van der Waals surface area contributed by atoms with Crippen molar-refractivity contribution in [2.45, 2.75) is 0 Å². The Morgan fingerprint density at radius 2 is 1.67 bits per heavy atom. The molecule has 12 heavy (non-hydrogen) atoms. The van der Waals surface area contributed by atoms with Crippen LogP contribution in [0.2, 0.25) is 0 Å². The van der Waals surface area contributed by atoms with E-state index in [1.807, 2.05) is 36.4 Å². The van der Waals surface area contributed by atoms with Crippen LogP contribution in [-0.4, -0.2) is 5.88 Å². The molecule has 0 aliphatic rings. The number of rotatable bonds is 2. The van der Waals surface area contributed by atoms with E-state index in [9.17, 15) is 0 Å². The standard InChI is InChI=1S/C8H8.C3H5Cl/c1-2-8-6-4-3-5-7-8;1-2-3-4/h2-7H,1H2;2H,1,3H2. The monoisotopic (exact) mass is 180 g/mol. The third kappa shape index (κ3) is 5.75. The smallest absolute Gasteiger partial charge is 0.0401 e. The van der Waals surface area contributed by atoms with Gasteiger partial charge in [-0.25, -0.2) is 0 Å². The zero-order valence-corrected chi connectivity index (χ0v) is 7.80. The van der Waals surface area contributed by atoms with Crippen LogP contribution in [0, 0.1) is 0 Å². The van der Waals surface area contributed by atoms with Gasteiger partial charge in [-0.1, -0.05) is 49.1 Å². The molecule has 0 atom stereocenters. The van der Waals surface area contributed by atoms with Crippen molar-refractivity contribution in [3.05, 3.63) is 55.1 Å². The summed E-state index contributed by atoms with van der Waals surface area (Å²) in [5, 5.41) is 0. The van der Waals surface area contributed by atoms with Crippen molar-refractivity contribution in [3.8, 4) is 0 Å². The highest BCUT2D eigenvalue weighted by Crippen LogP contribution is 1.97.